The van der Waals surface area contributed by atoms with E-state index in [-0.39, 0.29) is 5.76 Å². The molecule has 0 atom stereocenters. The Morgan fingerprint density at radius 1 is 1.50 bits per heavy atom. The molecule has 0 aromatic heterocycles. The van der Waals surface area contributed by atoms with Crippen molar-refractivity contribution >= 4 is 5.97 Å². The van der Waals surface area contributed by atoms with E-state index in [1.54, 1.807) is 6.92 Å². The lowest BCUT2D eigenvalue weighted by atomic mass is 10.2. The van der Waals surface area contributed by atoms with Gasteiger partial charge >= 0.3 is 5.97 Å². The van der Waals surface area contributed by atoms with E-state index >= 15 is 0 Å². The molecule has 0 aliphatic carbocycles. The van der Waals surface area contributed by atoms with Crippen molar-refractivity contribution in [2.45, 2.75) is 26.7 Å². The van der Waals surface area contributed by atoms with Crippen LogP contribution in [0, 0.1) is 0 Å². The monoisotopic (exact) mass is 173 g/mol. The van der Waals surface area contributed by atoms with Crippen LogP contribution in [0.2, 0.25) is 0 Å². The lowest BCUT2D eigenvalue weighted by Gasteiger charge is -2.07. The molecular formula is C8H15NO3. The molecule has 70 valence electrons. The fourth-order valence-corrected chi connectivity index (χ4v) is 0.819. The summed E-state index contributed by atoms with van der Waals surface area (Å²) in [6, 6.07) is 0. The predicted molar refractivity (Wildman–Crippen MR) is 45.4 cm³/mol. The molecule has 0 fully saturated rings. The number of aliphatic carboxylic acids is 1. The van der Waals surface area contributed by atoms with Gasteiger partial charge in [-0.3, -0.25) is 0 Å². The Morgan fingerprint density at radius 2 is 2.08 bits per heavy atom. The Hall–Kier alpha value is -1.19. The van der Waals surface area contributed by atoms with Gasteiger partial charge in [0.05, 0.1) is 12.3 Å². The summed E-state index contributed by atoms with van der Waals surface area (Å²) in [4.78, 5) is 10.5. The first-order valence-corrected chi connectivity index (χ1v) is 3.98. The lowest BCUT2D eigenvalue weighted by Crippen LogP contribution is -2.13. The third-order valence-electron chi connectivity index (χ3n) is 1.29. The zero-order valence-electron chi connectivity index (χ0n) is 7.46. The summed E-state index contributed by atoms with van der Waals surface area (Å²) < 4.78 is 4.87. The van der Waals surface area contributed by atoms with Crippen molar-refractivity contribution in [2.75, 3.05) is 6.61 Å². The standard InChI is InChI=1S/C8H15NO3/c1-3-5-6(9)7(8(10)11)12-4-2/h3-5,9H2,1-2H3,(H,10,11). The molecule has 0 saturated carbocycles. The van der Waals surface area contributed by atoms with Crippen LogP contribution in [0.25, 0.3) is 0 Å². The van der Waals surface area contributed by atoms with E-state index in [2.05, 4.69) is 0 Å². The Labute approximate surface area is 72.0 Å². The van der Waals surface area contributed by atoms with Crippen LogP contribution < -0.4 is 5.73 Å². The molecular weight excluding hydrogens is 158 g/mol. The minimum atomic E-state index is -1.09. The predicted octanol–water partition coefficient (Wildman–Crippen LogP) is 1.08. The fraction of sp³-hybridized carbons (Fsp3) is 0.625. The molecule has 0 bridgehead atoms. The summed E-state index contributed by atoms with van der Waals surface area (Å²) in [5.41, 5.74) is 5.80. The Balaban J connectivity index is 4.43. The molecule has 0 saturated heterocycles. The summed E-state index contributed by atoms with van der Waals surface area (Å²) in [5.74, 6) is -1.21. The van der Waals surface area contributed by atoms with Crippen molar-refractivity contribution in [3.63, 3.8) is 0 Å². The fourth-order valence-electron chi connectivity index (χ4n) is 0.819. The molecule has 12 heavy (non-hydrogen) atoms. The number of nitrogens with two attached hydrogens (primary N) is 1. The first-order valence-electron chi connectivity index (χ1n) is 3.98. The van der Waals surface area contributed by atoms with E-state index in [0.717, 1.165) is 6.42 Å². The molecule has 3 N–H and O–H groups in total. The van der Waals surface area contributed by atoms with Gasteiger partial charge in [-0.15, -0.1) is 0 Å². The number of hydrogen-bond donors (Lipinski definition) is 2. The summed E-state index contributed by atoms with van der Waals surface area (Å²) in [7, 11) is 0. The molecule has 0 radical (unpaired) electrons. The molecule has 0 rings (SSSR count). The van der Waals surface area contributed by atoms with Crippen LogP contribution in [0.1, 0.15) is 26.7 Å². The van der Waals surface area contributed by atoms with E-state index in [0.29, 0.717) is 18.7 Å². The molecule has 0 aromatic rings. The molecule has 0 heterocycles. The maximum Gasteiger partial charge on any atom is 0.373 e. The second-order valence-corrected chi connectivity index (χ2v) is 2.34. The van der Waals surface area contributed by atoms with Crippen LogP contribution in [0.3, 0.4) is 0 Å². The van der Waals surface area contributed by atoms with Crippen molar-refractivity contribution in [2.24, 2.45) is 5.73 Å². The van der Waals surface area contributed by atoms with Crippen LogP contribution in [-0.4, -0.2) is 17.7 Å². The number of allylic oxidation sites excluding steroid dienone is 1. The SMILES string of the molecule is CCCC(N)=C(OCC)C(=O)O. The van der Waals surface area contributed by atoms with Crippen molar-refractivity contribution in [3.8, 4) is 0 Å². The third-order valence-corrected chi connectivity index (χ3v) is 1.29. The molecule has 0 aliphatic rings. The average molecular weight is 173 g/mol. The van der Waals surface area contributed by atoms with Gasteiger partial charge in [-0.05, 0) is 13.3 Å². The van der Waals surface area contributed by atoms with E-state index in [1.165, 1.54) is 0 Å². The first kappa shape index (κ1) is 10.8. The van der Waals surface area contributed by atoms with E-state index < -0.39 is 5.97 Å². The van der Waals surface area contributed by atoms with Gasteiger partial charge in [0.1, 0.15) is 0 Å². The van der Waals surface area contributed by atoms with Crippen LogP contribution in [-0.2, 0) is 9.53 Å². The van der Waals surface area contributed by atoms with Gasteiger partial charge < -0.3 is 15.6 Å². The van der Waals surface area contributed by atoms with Crippen molar-refractivity contribution in [1.82, 2.24) is 0 Å². The van der Waals surface area contributed by atoms with Gasteiger partial charge in [0.2, 0.25) is 5.76 Å². The number of carboxylic acid groups (broad SMARTS) is 1. The first-order chi connectivity index (χ1) is 5.63. The number of rotatable bonds is 5. The molecule has 0 aliphatic heterocycles. The maximum atomic E-state index is 10.5. The van der Waals surface area contributed by atoms with Crippen LogP contribution in [0.5, 0.6) is 0 Å². The minimum Gasteiger partial charge on any atom is -0.486 e. The second kappa shape index (κ2) is 5.46. The molecule has 0 spiro atoms. The molecule has 0 aromatic carbocycles. The lowest BCUT2D eigenvalue weighted by molar-refractivity contribution is -0.136. The summed E-state index contributed by atoms with van der Waals surface area (Å²) >= 11 is 0. The van der Waals surface area contributed by atoms with Crippen LogP contribution in [0.15, 0.2) is 11.5 Å². The van der Waals surface area contributed by atoms with Crippen LogP contribution in [0.4, 0.5) is 0 Å². The van der Waals surface area contributed by atoms with Gasteiger partial charge in [0, 0.05) is 0 Å². The average Bonchev–Trinajstić information content (AvgIpc) is 1.99. The van der Waals surface area contributed by atoms with Crippen LogP contribution >= 0.6 is 0 Å². The highest BCUT2D eigenvalue weighted by molar-refractivity contribution is 5.85. The van der Waals surface area contributed by atoms with E-state index in [9.17, 15) is 4.79 Å². The largest absolute Gasteiger partial charge is 0.486 e. The Bertz CT molecular complexity index is 187. The topological polar surface area (TPSA) is 72.5 Å². The smallest absolute Gasteiger partial charge is 0.373 e. The zero-order valence-corrected chi connectivity index (χ0v) is 7.46. The summed E-state index contributed by atoms with van der Waals surface area (Å²) in [6.45, 7) is 3.98. The third kappa shape index (κ3) is 3.27. The molecule has 4 heteroatoms. The van der Waals surface area contributed by atoms with Crippen molar-refractivity contribution in [1.29, 1.82) is 0 Å². The Morgan fingerprint density at radius 3 is 2.42 bits per heavy atom. The maximum absolute atomic E-state index is 10.5. The van der Waals surface area contributed by atoms with Gasteiger partial charge in [-0.25, -0.2) is 4.79 Å². The highest BCUT2D eigenvalue weighted by atomic mass is 16.5. The van der Waals surface area contributed by atoms with Gasteiger partial charge in [-0.1, -0.05) is 13.3 Å². The number of hydrogen-bond acceptors (Lipinski definition) is 3. The number of carboxylic acids is 1. The van der Waals surface area contributed by atoms with E-state index in [4.69, 9.17) is 15.6 Å². The quantitative estimate of drug-likeness (QED) is 0.482. The highest BCUT2D eigenvalue weighted by Crippen LogP contribution is 2.07. The normalized spacial score (nSPS) is 12.2. The second-order valence-electron chi connectivity index (χ2n) is 2.34. The number of carbonyl (C=O) groups is 1. The van der Waals surface area contributed by atoms with E-state index in [1.807, 2.05) is 6.92 Å². The Kier molecular flexibility index (Phi) is 4.92. The summed E-state index contributed by atoms with van der Waals surface area (Å²) in [6.07, 6.45) is 1.37. The molecule has 4 nitrogen and oxygen atoms in total. The number of ether oxygens (including phenoxy) is 1. The van der Waals surface area contributed by atoms with Gasteiger partial charge in [0.15, 0.2) is 0 Å². The summed E-state index contributed by atoms with van der Waals surface area (Å²) in [5, 5.41) is 8.64. The molecule has 0 amide bonds. The van der Waals surface area contributed by atoms with Crippen molar-refractivity contribution < 1.29 is 14.6 Å². The minimum absolute atomic E-state index is 0.112. The zero-order chi connectivity index (χ0) is 9.56. The van der Waals surface area contributed by atoms with Gasteiger partial charge in [-0.2, -0.15) is 0 Å². The molecule has 0 unspecified atom stereocenters. The van der Waals surface area contributed by atoms with Crippen molar-refractivity contribution in [3.05, 3.63) is 11.5 Å². The van der Waals surface area contributed by atoms with Gasteiger partial charge in [0.25, 0.3) is 0 Å². The highest BCUT2D eigenvalue weighted by Gasteiger charge is 2.12.